The fourth-order valence-electron chi connectivity index (χ4n) is 3.29. The molecular weight excluding hydrogens is 302 g/mol. The van der Waals surface area contributed by atoms with Crippen LogP contribution in [0.25, 0.3) is 0 Å². The molecule has 2 aliphatic rings. The summed E-state index contributed by atoms with van der Waals surface area (Å²) in [6.07, 6.45) is 2.99. The topological polar surface area (TPSA) is 65.5 Å². The van der Waals surface area contributed by atoms with Crippen molar-refractivity contribution in [2.24, 2.45) is 5.92 Å². The number of hydrogen-bond acceptors (Lipinski definition) is 4. The molecule has 5 heteroatoms. The average molecular weight is 331 g/mol. The van der Waals surface area contributed by atoms with E-state index in [2.05, 4.69) is 42.3 Å². The molecule has 0 radical (unpaired) electrons. The van der Waals surface area contributed by atoms with E-state index >= 15 is 0 Å². The van der Waals surface area contributed by atoms with Crippen LogP contribution in [0.2, 0.25) is 0 Å². The van der Waals surface area contributed by atoms with Gasteiger partial charge in [-0.1, -0.05) is 19.9 Å². The lowest BCUT2D eigenvalue weighted by Gasteiger charge is -2.33. The third-order valence-corrected chi connectivity index (χ3v) is 5.08. The van der Waals surface area contributed by atoms with Gasteiger partial charge in [0.2, 0.25) is 5.91 Å². The number of nitrogens with zero attached hydrogens (tertiary/aromatic N) is 2. The zero-order valence-corrected chi connectivity index (χ0v) is 14.7. The van der Waals surface area contributed by atoms with E-state index in [1.807, 2.05) is 0 Å². The van der Waals surface area contributed by atoms with Gasteiger partial charge in [-0.3, -0.25) is 14.7 Å². The zero-order chi connectivity index (χ0) is 17.1. The summed E-state index contributed by atoms with van der Waals surface area (Å²) in [5.74, 6) is 0.341. The predicted octanol–water partition coefficient (Wildman–Crippen LogP) is 2.06. The summed E-state index contributed by atoms with van der Waals surface area (Å²) in [6, 6.07) is 6.55. The second-order valence-electron chi connectivity index (χ2n) is 7.55. The van der Waals surface area contributed by atoms with Crippen molar-refractivity contribution in [2.75, 3.05) is 13.1 Å². The Morgan fingerprint density at radius 3 is 2.62 bits per heavy atom. The quantitative estimate of drug-likeness (QED) is 0.837. The van der Waals surface area contributed by atoms with Crippen LogP contribution in [-0.2, 0) is 11.3 Å². The third-order valence-electron chi connectivity index (χ3n) is 5.08. The van der Waals surface area contributed by atoms with Gasteiger partial charge in [-0.25, -0.2) is 0 Å². The molecular formula is C19H29N3O2. The molecule has 0 aromatic carbocycles. The summed E-state index contributed by atoms with van der Waals surface area (Å²) in [6.45, 7) is 6.98. The molecule has 3 rings (SSSR count). The minimum Gasteiger partial charge on any atom is -0.383 e. The molecule has 0 unspecified atom stereocenters. The molecule has 0 spiro atoms. The molecule has 1 saturated heterocycles. The molecule has 1 aliphatic heterocycles. The van der Waals surface area contributed by atoms with Gasteiger partial charge in [-0.05, 0) is 62.7 Å². The maximum Gasteiger partial charge on any atom is 0.249 e. The first-order valence-electron chi connectivity index (χ1n) is 9.19. The van der Waals surface area contributed by atoms with Crippen molar-refractivity contribution < 1.29 is 9.90 Å². The molecule has 1 atom stereocenters. The van der Waals surface area contributed by atoms with Gasteiger partial charge in [0.25, 0.3) is 0 Å². The number of carbonyl (C=O) groups is 1. The number of piperidine rings is 1. The maximum atomic E-state index is 12.0. The first kappa shape index (κ1) is 17.4. The molecule has 1 amide bonds. The van der Waals surface area contributed by atoms with E-state index in [9.17, 15) is 9.90 Å². The van der Waals surface area contributed by atoms with Crippen LogP contribution in [0.5, 0.6) is 0 Å². The Labute approximate surface area is 144 Å². The Morgan fingerprint density at radius 1 is 1.29 bits per heavy atom. The number of carbonyl (C=O) groups excluding carboxylic acids is 1. The molecule has 24 heavy (non-hydrogen) atoms. The highest BCUT2D eigenvalue weighted by molar-refractivity contribution is 5.81. The Balaban J connectivity index is 1.48. The van der Waals surface area contributed by atoms with Crippen LogP contribution in [0.15, 0.2) is 18.2 Å². The van der Waals surface area contributed by atoms with Crippen molar-refractivity contribution in [1.82, 2.24) is 15.2 Å². The first-order chi connectivity index (χ1) is 11.5. The van der Waals surface area contributed by atoms with Crippen LogP contribution in [0.4, 0.5) is 0 Å². The molecule has 0 bridgehead atoms. The van der Waals surface area contributed by atoms with Crippen molar-refractivity contribution >= 4 is 5.91 Å². The van der Waals surface area contributed by atoms with Crippen molar-refractivity contribution in [3.05, 3.63) is 29.6 Å². The number of hydrogen-bond donors (Lipinski definition) is 2. The van der Waals surface area contributed by atoms with Gasteiger partial charge < -0.3 is 10.4 Å². The number of aromatic nitrogens is 1. The number of rotatable bonds is 6. The number of likely N-dealkylation sites (tertiary alicyclic amines) is 1. The smallest absolute Gasteiger partial charge is 0.249 e. The van der Waals surface area contributed by atoms with Crippen molar-refractivity contribution in [1.29, 1.82) is 0 Å². The monoisotopic (exact) mass is 331 g/mol. The lowest BCUT2D eigenvalue weighted by molar-refractivity contribution is -0.133. The summed E-state index contributed by atoms with van der Waals surface area (Å²) in [5, 5.41) is 13.2. The molecule has 1 saturated carbocycles. The fourth-order valence-corrected chi connectivity index (χ4v) is 3.29. The Morgan fingerprint density at radius 2 is 2.00 bits per heavy atom. The van der Waals surface area contributed by atoms with Gasteiger partial charge in [-0.2, -0.15) is 0 Å². The van der Waals surface area contributed by atoms with E-state index < -0.39 is 6.10 Å². The Hall–Kier alpha value is -1.46. The van der Waals surface area contributed by atoms with Gasteiger partial charge in [0.1, 0.15) is 6.10 Å². The molecule has 1 aromatic rings. The third kappa shape index (κ3) is 4.54. The molecule has 2 heterocycles. The number of pyridine rings is 1. The average Bonchev–Trinajstić information content (AvgIpc) is 3.39. The summed E-state index contributed by atoms with van der Waals surface area (Å²) >= 11 is 0. The first-order valence-corrected chi connectivity index (χ1v) is 9.19. The minimum atomic E-state index is -0.852. The van der Waals surface area contributed by atoms with Crippen molar-refractivity contribution in [3.8, 4) is 0 Å². The highest BCUT2D eigenvalue weighted by Crippen LogP contribution is 2.24. The molecule has 1 aliphatic carbocycles. The summed E-state index contributed by atoms with van der Waals surface area (Å²) in [5.41, 5.74) is 2.24. The SMILES string of the molecule is CC(C)c1cccc(CN2CCC([C@H](O)C(=O)NC3CC3)CC2)n1. The van der Waals surface area contributed by atoms with E-state index in [1.165, 1.54) is 0 Å². The second kappa shape index (κ2) is 7.62. The van der Waals surface area contributed by atoms with Crippen LogP contribution in [0.1, 0.15) is 56.8 Å². The molecule has 2 fully saturated rings. The van der Waals surface area contributed by atoms with E-state index in [1.54, 1.807) is 0 Å². The molecule has 5 nitrogen and oxygen atoms in total. The maximum absolute atomic E-state index is 12.0. The van der Waals surface area contributed by atoms with Crippen LogP contribution in [0.3, 0.4) is 0 Å². The second-order valence-corrected chi connectivity index (χ2v) is 7.55. The summed E-state index contributed by atoms with van der Waals surface area (Å²) < 4.78 is 0. The van der Waals surface area contributed by atoms with Crippen LogP contribution in [0, 0.1) is 5.92 Å². The van der Waals surface area contributed by atoms with Crippen molar-refractivity contribution in [3.63, 3.8) is 0 Å². The molecule has 1 aromatic heterocycles. The Bertz CT molecular complexity index is 563. The van der Waals surface area contributed by atoms with E-state index in [-0.39, 0.29) is 11.8 Å². The highest BCUT2D eigenvalue weighted by atomic mass is 16.3. The normalized spacial score (nSPS) is 21.0. The number of amides is 1. The van der Waals surface area contributed by atoms with Crippen molar-refractivity contribution in [2.45, 2.75) is 64.1 Å². The predicted molar refractivity (Wildman–Crippen MR) is 93.5 cm³/mol. The number of nitrogens with one attached hydrogen (secondary N) is 1. The Kier molecular flexibility index (Phi) is 5.51. The van der Waals surface area contributed by atoms with Crippen LogP contribution < -0.4 is 5.32 Å². The fraction of sp³-hybridized carbons (Fsp3) is 0.684. The van der Waals surface area contributed by atoms with Gasteiger partial charge in [0, 0.05) is 18.3 Å². The van der Waals surface area contributed by atoms with Crippen LogP contribution in [-0.4, -0.2) is 46.1 Å². The highest BCUT2D eigenvalue weighted by Gasteiger charge is 2.32. The number of aliphatic hydroxyl groups excluding tert-OH is 1. The molecule has 132 valence electrons. The van der Waals surface area contributed by atoms with Gasteiger partial charge in [0.15, 0.2) is 0 Å². The lowest BCUT2D eigenvalue weighted by Crippen LogP contribution is -2.45. The standard InChI is InChI=1S/C19H29N3O2/c1-13(2)17-5-3-4-16(20-17)12-22-10-8-14(9-11-22)18(23)19(24)21-15-6-7-15/h3-5,13-15,18,23H,6-12H2,1-2H3,(H,21,24)/t18-/m0/s1. The van der Waals surface area contributed by atoms with E-state index in [4.69, 9.17) is 4.98 Å². The van der Waals surface area contributed by atoms with Gasteiger partial charge in [0.05, 0.1) is 5.69 Å². The van der Waals surface area contributed by atoms with Gasteiger partial charge >= 0.3 is 0 Å². The van der Waals surface area contributed by atoms with E-state index in [0.717, 1.165) is 56.7 Å². The van der Waals surface area contributed by atoms with E-state index in [0.29, 0.717) is 12.0 Å². The summed E-state index contributed by atoms with van der Waals surface area (Å²) in [4.78, 5) is 19.1. The van der Waals surface area contributed by atoms with Crippen LogP contribution >= 0.6 is 0 Å². The number of aliphatic hydroxyl groups is 1. The minimum absolute atomic E-state index is 0.0787. The lowest BCUT2D eigenvalue weighted by atomic mass is 9.90. The zero-order valence-electron chi connectivity index (χ0n) is 14.7. The summed E-state index contributed by atoms with van der Waals surface area (Å²) in [7, 11) is 0. The largest absolute Gasteiger partial charge is 0.383 e. The molecule has 2 N–H and O–H groups in total. The van der Waals surface area contributed by atoms with Gasteiger partial charge in [-0.15, -0.1) is 0 Å².